The van der Waals surface area contributed by atoms with Gasteiger partial charge in [-0.15, -0.1) is 0 Å². The average molecular weight is 591 g/mol. The predicted molar refractivity (Wildman–Crippen MR) is 136 cm³/mol. The molecular weight excluding hydrogens is 558 g/mol. The summed E-state index contributed by atoms with van der Waals surface area (Å²) in [7, 11) is 0. The van der Waals surface area contributed by atoms with E-state index >= 15 is 0 Å². The molecule has 0 radical (unpaired) electrons. The van der Waals surface area contributed by atoms with E-state index in [-0.39, 0.29) is 24.2 Å². The molecule has 0 aliphatic rings. The third-order valence-corrected chi connectivity index (χ3v) is 5.53. The first-order valence-corrected chi connectivity index (χ1v) is 12.6. The van der Waals surface area contributed by atoms with Crippen molar-refractivity contribution in [3.05, 3.63) is 70.3 Å². The number of hydrogen-bond acceptors (Lipinski definition) is 5. The Balaban J connectivity index is 2.28. The Labute approximate surface area is 233 Å². The minimum absolute atomic E-state index is 0.0979. The van der Waals surface area contributed by atoms with Crippen molar-refractivity contribution < 1.29 is 45.5 Å². The van der Waals surface area contributed by atoms with Crippen molar-refractivity contribution in [3.8, 4) is 0 Å². The average Bonchev–Trinajstić information content (AvgIpc) is 2.83. The highest BCUT2D eigenvalue weighted by Gasteiger charge is 2.26. The summed E-state index contributed by atoms with van der Waals surface area (Å²) < 4.78 is 88.1. The molecule has 0 aliphatic heterocycles. The van der Waals surface area contributed by atoms with Crippen molar-refractivity contribution in [2.45, 2.75) is 64.1 Å². The summed E-state index contributed by atoms with van der Waals surface area (Å²) in [5.74, 6) is -9.18. The van der Waals surface area contributed by atoms with Gasteiger partial charge in [0.1, 0.15) is 17.2 Å². The fraction of sp³-hybridized carbons (Fsp3) is 0.444. The van der Waals surface area contributed by atoms with E-state index in [4.69, 9.17) is 10.5 Å². The first-order valence-electron chi connectivity index (χ1n) is 12.6. The molecule has 0 aliphatic carbocycles. The van der Waals surface area contributed by atoms with Crippen LogP contribution in [0.3, 0.4) is 0 Å². The molecule has 2 atom stereocenters. The number of halogens is 6. The van der Waals surface area contributed by atoms with Gasteiger partial charge < -0.3 is 26.4 Å². The number of rotatable bonds is 12. The van der Waals surface area contributed by atoms with E-state index in [2.05, 4.69) is 16.0 Å². The summed E-state index contributed by atoms with van der Waals surface area (Å²) in [5, 5.41) is 7.32. The second-order valence-electron chi connectivity index (χ2n) is 10.3. The number of carbonyl (C=O) groups excluding carboxylic acids is 3. The fourth-order valence-electron chi connectivity index (χ4n) is 3.81. The van der Waals surface area contributed by atoms with Crippen molar-refractivity contribution in [2.75, 3.05) is 13.1 Å². The first-order chi connectivity index (χ1) is 19.1. The molecule has 3 amide bonds. The van der Waals surface area contributed by atoms with Crippen LogP contribution in [0.5, 0.6) is 0 Å². The Morgan fingerprint density at radius 3 is 1.63 bits per heavy atom. The van der Waals surface area contributed by atoms with Gasteiger partial charge >= 0.3 is 6.09 Å². The summed E-state index contributed by atoms with van der Waals surface area (Å²) in [6, 6.07) is -0.516. The molecule has 2 aromatic rings. The van der Waals surface area contributed by atoms with Crippen LogP contribution in [-0.4, -0.2) is 48.7 Å². The molecule has 0 spiro atoms. The Morgan fingerprint density at radius 2 is 1.17 bits per heavy atom. The van der Waals surface area contributed by atoms with Gasteiger partial charge in [0.05, 0.1) is 0 Å². The van der Waals surface area contributed by atoms with Gasteiger partial charge in [-0.1, -0.05) is 0 Å². The van der Waals surface area contributed by atoms with E-state index in [1.165, 1.54) is 0 Å². The zero-order chi connectivity index (χ0) is 30.9. The third kappa shape index (κ3) is 11.3. The van der Waals surface area contributed by atoms with Crippen molar-refractivity contribution in [3.63, 3.8) is 0 Å². The highest BCUT2D eigenvalue weighted by molar-refractivity contribution is 5.80. The summed E-state index contributed by atoms with van der Waals surface area (Å²) >= 11 is 0. The van der Waals surface area contributed by atoms with Crippen LogP contribution >= 0.6 is 0 Å². The number of ether oxygens (including phenoxy) is 1. The van der Waals surface area contributed by atoms with Crippen LogP contribution in [0.15, 0.2) is 24.3 Å². The molecule has 0 bridgehead atoms. The van der Waals surface area contributed by atoms with Gasteiger partial charge in [0, 0.05) is 50.1 Å². The highest BCUT2D eigenvalue weighted by Crippen LogP contribution is 2.19. The van der Waals surface area contributed by atoms with Gasteiger partial charge in [-0.3, -0.25) is 9.59 Å². The van der Waals surface area contributed by atoms with E-state index in [1.807, 2.05) is 0 Å². The van der Waals surface area contributed by atoms with E-state index in [0.717, 1.165) is 0 Å². The molecule has 8 nitrogen and oxygen atoms in total. The smallest absolute Gasteiger partial charge is 0.407 e. The van der Waals surface area contributed by atoms with Crippen LogP contribution < -0.4 is 21.7 Å². The largest absolute Gasteiger partial charge is 0.444 e. The molecule has 2 rings (SSSR count). The van der Waals surface area contributed by atoms with Crippen LogP contribution in [0.4, 0.5) is 31.1 Å². The zero-order valence-corrected chi connectivity index (χ0v) is 22.7. The zero-order valence-electron chi connectivity index (χ0n) is 22.7. The van der Waals surface area contributed by atoms with Gasteiger partial charge in [-0.05, 0) is 56.9 Å². The van der Waals surface area contributed by atoms with Crippen molar-refractivity contribution in [1.29, 1.82) is 0 Å². The Morgan fingerprint density at radius 1 is 0.732 bits per heavy atom. The Kier molecular flexibility index (Phi) is 12.0. The van der Waals surface area contributed by atoms with Crippen molar-refractivity contribution >= 4 is 17.9 Å². The predicted octanol–water partition coefficient (Wildman–Crippen LogP) is 3.54. The van der Waals surface area contributed by atoms with E-state index < -0.39 is 96.2 Å². The SMILES string of the molecule is CC(C)(C)OC(=O)N[C@@H](CC(=O)N[C@@H](CC(=O)NCCN)Cc1cc(F)c(F)cc1F)Cc1cc(F)c(F)cc1F. The lowest BCUT2D eigenvalue weighted by molar-refractivity contribution is -0.123. The maximum atomic E-state index is 14.3. The molecule has 5 N–H and O–H groups in total. The normalized spacial score (nSPS) is 12.8. The summed E-state index contributed by atoms with van der Waals surface area (Å²) in [6.07, 6.45) is -2.85. The molecule has 0 saturated heterocycles. The number of nitrogens with one attached hydrogen (secondary N) is 3. The third-order valence-electron chi connectivity index (χ3n) is 5.53. The van der Waals surface area contributed by atoms with Gasteiger partial charge in [-0.2, -0.15) is 0 Å². The number of amides is 3. The molecule has 226 valence electrons. The molecule has 0 unspecified atom stereocenters. The summed E-state index contributed by atoms with van der Waals surface area (Å²) in [4.78, 5) is 37.7. The molecular formula is C27H32F6N4O4. The standard InChI is InChI=1S/C27H32F6N4O4/c1-27(2,3)41-26(40)37-17(7-15-9-21(31)23(33)13-19(15)29)11-25(39)36-16(10-24(38)35-5-4-34)6-14-8-20(30)22(32)12-18(14)28/h8-9,12-13,16-17H,4-7,10-11,34H2,1-3H3,(H,35,38)(H,36,39)(H,37,40)/t16-,17-/m1/s1. The van der Waals surface area contributed by atoms with Crippen LogP contribution in [0, 0.1) is 34.9 Å². The van der Waals surface area contributed by atoms with Gasteiger partial charge in [0.15, 0.2) is 23.3 Å². The Hall–Kier alpha value is -3.81. The number of nitrogens with two attached hydrogens (primary N) is 1. The number of hydrogen-bond donors (Lipinski definition) is 4. The molecule has 0 heterocycles. The maximum Gasteiger partial charge on any atom is 0.407 e. The lowest BCUT2D eigenvalue weighted by Crippen LogP contribution is -2.46. The van der Waals surface area contributed by atoms with E-state index in [9.17, 15) is 40.7 Å². The molecule has 0 fully saturated rings. The topological polar surface area (TPSA) is 123 Å². The van der Waals surface area contributed by atoms with Gasteiger partial charge in [-0.25, -0.2) is 31.1 Å². The molecule has 41 heavy (non-hydrogen) atoms. The minimum Gasteiger partial charge on any atom is -0.444 e. The second kappa shape index (κ2) is 14.7. The monoisotopic (exact) mass is 590 g/mol. The summed E-state index contributed by atoms with van der Waals surface area (Å²) in [6.45, 7) is 4.92. The fourth-order valence-corrected chi connectivity index (χ4v) is 3.81. The lowest BCUT2D eigenvalue weighted by atomic mass is 9.99. The quantitative estimate of drug-likeness (QED) is 0.223. The number of benzene rings is 2. The van der Waals surface area contributed by atoms with Gasteiger partial charge in [0.25, 0.3) is 0 Å². The minimum atomic E-state index is -1.43. The van der Waals surface area contributed by atoms with Crippen LogP contribution in [0.2, 0.25) is 0 Å². The molecule has 14 heteroatoms. The van der Waals surface area contributed by atoms with Crippen LogP contribution in [0.1, 0.15) is 44.7 Å². The second-order valence-corrected chi connectivity index (χ2v) is 10.3. The Bertz CT molecular complexity index is 1260. The molecule has 0 saturated carbocycles. The number of carbonyl (C=O) groups is 3. The number of alkyl carbamates (subject to hydrolysis) is 1. The first kappa shape index (κ1) is 33.4. The van der Waals surface area contributed by atoms with Crippen LogP contribution in [0.25, 0.3) is 0 Å². The van der Waals surface area contributed by atoms with Crippen LogP contribution in [-0.2, 0) is 27.2 Å². The van der Waals surface area contributed by atoms with E-state index in [0.29, 0.717) is 24.3 Å². The molecule has 2 aromatic carbocycles. The van der Waals surface area contributed by atoms with Crippen molar-refractivity contribution in [1.82, 2.24) is 16.0 Å². The summed E-state index contributed by atoms with van der Waals surface area (Å²) in [5.41, 5.74) is 3.74. The van der Waals surface area contributed by atoms with Crippen molar-refractivity contribution in [2.24, 2.45) is 5.73 Å². The molecule has 0 aromatic heterocycles. The maximum absolute atomic E-state index is 14.3. The van der Waals surface area contributed by atoms with E-state index in [1.54, 1.807) is 20.8 Å². The highest BCUT2D eigenvalue weighted by atomic mass is 19.2. The van der Waals surface area contributed by atoms with Gasteiger partial charge in [0.2, 0.25) is 11.8 Å². The lowest BCUT2D eigenvalue weighted by Gasteiger charge is -2.25.